The number of nitrogens with zero attached hydrogens (tertiary/aromatic N) is 5. The molecule has 0 bridgehead atoms. The number of halogens is 1. The van der Waals surface area contributed by atoms with Crippen molar-refractivity contribution in [3.8, 4) is 0 Å². The maximum Gasteiger partial charge on any atom is 0.267 e. The van der Waals surface area contributed by atoms with E-state index in [-0.39, 0.29) is 11.8 Å². The molecule has 4 rings (SSSR count). The van der Waals surface area contributed by atoms with Gasteiger partial charge in [-0.25, -0.2) is 15.0 Å². The molecule has 0 spiro atoms. The molecule has 1 aliphatic heterocycles. The summed E-state index contributed by atoms with van der Waals surface area (Å²) in [4.78, 5) is 42.1. The van der Waals surface area contributed by atoms with Gasteiger partial charge in [-0.05, 0) is 31.6 Å². The molecule has 2 aromatic heterocycles. The molecule has 0 saturated carbocycles. The van der Waals surface area contributed by atoms with Crippen LogP contribution < -0.4 is 15.5 Å². The minimum absolute atomic E-state index is 0.0609. The Morgan fingerprint density at radius 3 is 2.65 bits per heavy atom. The fourth-order valence-corrected chi connectivity index (χ4v) is 4.56. The highest BCUT2D eigenvalue weighted by Crippen LogP contribution is 2.28. The summed E-state index contributed by atoms with van der Waals surface area (Å²) in [6.45, 7) is 9.79. The molecule has 2 amide bonds. The van der Waals surface area contributed by atoms with Crippen LogP contribution in [0.15, 0.2) is 43.1 Å². The number of para-hydroxylation sites is 1. The van der Waals surface area contributed by atoms with Gasteiger partial charge in [0.25, 0.3) is 5.91 Å². The Kier molecular flexibility index (Phi) is 7.09. The van der Waals surface area contributed by atoms with Gasteiger partial charge >= 0.3 is 0 Å². The third kappa shape index (κ3) is 5.35. The second-order valence-corrected chi connectivity index (χ2v) is 9.15. The van der Waals surface area contributed by atoms with Crippen molar-refractivity contribution in [2.24, 2.45) is 0 Å². The third-order valence-corrected chi connectivity index (χ3v) is 6.57. The van der Waals surface area contributed by atoms with Gasteiger partial charge in [0.15, 0.2) is 5.13 Å². The molecule has 1 fully saturated rings. The van der Waals surface area contributed by atoms with E-state index >= 15 is 0 Å². The summed E-state index contributed by atoms with van der Waals surface area (Å²) in [5, 5.41) is 7.04. The first-order chi connectivity index (χ1) is 16.3. The molecule has 3 heterocycles. The van der Waals surface area contributed by atoms with E-state index < -0.39 is 0 Å². The van der Waals surface area contributed by atoms with Gasteiger partial charge in [0.2, 0.25) is 5.91 Å². The molecular weight excluding hydrogens is 474 g/mol. The Morgan fingerprint density at radius 2 is 1.94 bits per heavy atom. The molecule has 11 heteroatoms. The topological polar surface area (TPSA) is 103 Å². The SMILES string of the molecule is C=CC(=O)N1CCN(c2cc(Nc3ncc(C(=O)Nc4c(C)cccc4Cl)s3)nc(C)n2)CC1. The third-order valence-electron chi connectivity index (χ3n) is 5.34. The maximum absolute atomic E-state index is 12.7. The van der Waals surface area contributed by atoms with Crippen LogP contribution in [0, 0.1) is 13.8 Å². The summed E-state index contributed by atoms with van der Waals surface area (Å²) < 4.78 is 0. The number of benzene rings is 1. The monoisotopic (exact) mass is 497 g/mol. The number of hydrogen-bond acceptors (Lipinski definition) is 8. The molecule has 1 aromatic carbocycles. The van der Waals surface area contributed by atoms with Crippen molar-refractivity contribution in [2.75, 3.05) is 41.7 Å². The summed E-state index contributed by atoms with van der Waals surface area (Å²) >= 11 is 7.43. The highest BCUT2D eigenvalue weighted by Gasteiger charge is 2.21. The van der Waals surface area contributed by atoms with Crippen LogP contribution >= 0.6 is 22.9 Å². The van der Waals surface area contributed by atoms with Gasteiger partial charge in [-0.15, -0.1) is 0 Å². The molecule has 0 unspecified atom stereocenters. The first-order valence-electron chi connectivity index (χ1n) is 10.7. The zero-order valence-electron chi connectivity index (χ0n) is 18.8. The van der Waals surface area contributed by atoms with Crippen molar-refractivity contribution < 1.29 is 9.59 Å². The van der Waals surface area contributed by atoms with E-state index in [0.717, 1.165) is 11.4 Å². The number of amides is 2. The van der Waals surface area contributed by atoms with E-state index in [1.807, 2.05) is 32.0 Å². The zero-order chi connectivity index (χ0) is 24.2. The van der Waals surface area contributed by atoms with E-state index in [1.165, 1.54) is 23.6 Å². The highest BCUT2D eigenvalue weighted by molar-refractivity contribution is 7.17. The van der Waals surface area contributed by atoms with Crippen LogP contribution in [0.2, 0.25) is 5.02 Å². The number of carbonyl (C=O) groups excluding carboxylic acids is 2. The van der Waals surface area contributed by atoms with Crippen LogP contribution in [0.25, 0.3) is 0 Å². The van der Waals surface area contributed by atoms with Gasteiger partial charge in [0, 0.05) is 32.2 Å². The van der Waals surface area contributed by atoms with Gasteiger partial charge in [-0.2, -0.15) is 0 Å². The Labute approximate surface area is 206 Å². The first kappa shape index (κ1) is 23.7. The Morgan fingerprint density at radius 1 is 1.18 bits per heavy atom. The zero-order valence-corrected chi connectivity index (χ0v) is 20.4. The fraction of sp³-hybridized carbons (Fsp3) is 0.261. The van der Waals surface area contributed by atoms with Crippen molar-refractivity contribution in [1.29, 1.82) is 0 Å². The molecule has 3 aromatic rings. The second kappa shape index (κ2) is 10.2. The molecule has 1 saturated heterocycles. The van der Waals surface area contributed by atoms with Gasteiger partial charge in [0.05, 0.1) is 16.9 Å². The average molecular weight is 498 g/mol. The minimum Gasteiger partial charge on any atom is -0.353 e. The number of hydrogen-bond donors (Lipinski definition) is 2. The molecule has 9 nitrogen and oxygen atoms in total. The Bertz CT molecular complexity index is 1220. The normalized spacial score (nSPS) is 13.5. The Hall–Kier alpha value is -3.50. The molecule has 176 valence electrons. The molecular formula is C23H24ClN7O2S. The lowest BCUT2D eigenvalue weighted by Gasteiger charge is -2.35. The van der Waals surface area contributed by atoms with Crippen LogP contribution in [0.3, 0.4) is 0 Å². The van der Waals surface area contributed by atoms with Crippen molar-refractivity contribution >= 4 is 57.2 Å². The minimum atomic E-state index is -0.284. The van der Waals surface area contributed by atoms with E-state index in [4.69, 9.17) is 11.6 Å². The lowest BCUT2D eigenvalue weighted by atomic mass is 10.2. The number of piperazine rings is 1. The van der Waals surface area contributed by atoms with Crippen LogP contribution in [-0.4, -0.2) is 57.8 Å². The lowest BCUT2D eigenvalue weighted by molar-refractivity contribution is -0.126. The van der Waals surface area contributed by atoms with Crippen molar-refractivity contribution in [1.82, 2.24) is 19.9 Å². The van der Waals surface area contributed by atoms with E-state index in [1.54, 1.807) is 11.0 Å². The number of anilines is 4. The maximum atomic E-state index is 12.7. The molecule has 2 N–H and O–H groups in total. The highest BCUT2D eigenvalue weighted by atomic mass is 35.5. The van der Waals surface area contributed by atoms with Crippen molar-refractivity contribution in [2.45, 2.75) is 13.8 Å². The molecule has 0 aliphatic carbocycles. The molecule has 34 heavy (non-hydrogen) atoms. The van der Waals surface area contributed by atoms with Crippen LogP contribution in [0.1, 0.15) is 21.1 Å². The number of thiazole rings is 1. The molecule has 0 atom stereocenters. The summed E-state index contributed by atoms with van der Waals surface area (Å²) in [5.41, 5.74) is 1.46. The first-order valence-corrected chi connectivity index (χ1v) is 11.8. The van der Waals surface area contributed by atoms with Crippen LogP contribution in [-0.2, 0) is 4.79 Å². The predicted molar refractivity (Wildman–Crippen MR) is 135 cm³/mol. The quantitative estimate of drug-likeness (QED) is 0.495. The van der Waals surface area contributed by atoms with Gasteiger partial charge < -0.3 is 20.4 Å². The summed E-state index contributed by atoms with van der Waals surface area (Å²) in [7, 11) is 0. The summed E-state index contributed by atoms with van der Waals surface area (Å²) in [6, 6.07) is 7.29. The number of nitrogens with one attached hydrogen (secondary N) is 2. The lowest BCUT2D eigenvalue weighted by Crippen LogP contribution is -2.48. The molecule has 1 aliphatic rings. The Balaban J connectivity index is 1.44. The van der Waals surface area contributed by atoms with E-state index in [0.29, 0.717) is 58.5 Å². The number of rotatable bonds is 6. The van der Waals surface area contributed by atoms with Gasteiger partial charge in [-0.1, -0.05) is 41.6 Å². The number of aryl methyl sites for hydroxylation is 2. The second-order valence-electron chi connectivity index (χ2n) is 7.72. The van der Waals surface area contributed by atoms with Crippen molar-refractivity contribution in [3.05, 3.63) is 64.4 Å². The van der Waals surface area contributed by atoms with E-state index in [2.05, 4.69) is 37.1 Å². The average Bonchev–Trinajstić information content (AvgIpc) is 3.29. The fourth-order valence-electron chi connectivity index (χ4n) is 3.57. The largest absolute Gasteiger partial charge is 0.353 e. The number of carbonyl (C=O) groups is 2. The smallest absolute Gasteiger partial charge is 0.267 e. The predicted octanol–water partition coefficient (Wildman–Crippen LogP) is 4.03. The summed E-state index contributed by atoms with van der Waals surface area (Å²) in [5.74, 6) is 1.61. The number of aromatic nitrogens is 3. The van der Waals surface area contributed by atoms with Crippen LogP contribution in [0.5, 0.6) is 0 Å². The summed E-state index contributed by atoms with van der Waals surface area (Å²) in [6.07, 6.45) is 2.85. The van der Waals surface area contributed by atoms with Crippen LogP contribution in [0.4, 0.5) is 22.5 Å². The standard InChI is InChI=1S/C23H24ClN7O2S/c1-4-20(32)31-10-8-30(9-11-31)19-12-18(26-15(3)27-19)28-23-25-13-17(34-23)22(33)29-21-14(2)6-5-7-16(21)24/h4-7,12-13H,1,8-11H2,2-3H3,(H,29,33)(H,25,26,27,28). The van der Waals surface area contributed by atoms with Gasteiger partial charge in [-0.3, -0.25) is 9.59 Å². The van der Waals surface area contributed by atoms with Gasteiger partial charge in [0.1, 0.15) is 22.3 Å². The molecule has 0 radical (unpaired) electrons. The van der Waals surface area contributed by atoms with E-state index in [9.17, 15) is 9.59 Å². The van der Waals surface area contributed by atoms with Crippen molar-refractivity contribution in [3.63, 3.8) is 0 Å².